The third-order valence-electron chi connectivity index (χ3n) is 3.83. The zero-order valence-corrected chi connectivity index (χ0v) is 12.6. The fourth-order valence-electron chi connectivity index (χ4n) is 2.51. The van der Waals surface area contributed by atoms with Crippen molar-refractivity contribution in [1.29, 1.82) is 0 Å². The quantitative estimate of drug-likeness (QED) is 0.851. The van der Waals surface area contributed by atoms with Crippen molar-refractivity contribution in [2.24, 2.45) is 5.73 Å². The van der Waals surface area contributed by atoms with Gasteiger partial charge < -0.3 is 10.5 Å². The van der Waals surface area contributed by atoms with E-state index in [2.05, 4.69) is 4.72 Å². The number of sulfonamides is 1. The lowest BCUT2D eigenvalue weighted by atomic mass is 9.92. The number of aryl methyl sites for hydroxylation is 1. The minimum absolute atomic E-state index is 0.282. The van der Waals surface area contributed by atoms with Crippen molar-refractivity contribution in [3.05, 3.63) is 29.8 Å². The van der Waals surface area contributed by atoms with Gasteiger partial charge in [-0.25, -0.2) is 13.1 Å². The van der Waals surface area contributed by atoms with Crippen LogP contribution in [0.1, 0.15) is 25.3 Å². The topological polar surface area (TPSA) is 81.4 Å². The Bertz CT molecular complexity index is 551. The molecule has 1 aliphatic rings. The summed E-state index contributed by atoms with van der Waals surface area (Å²) in [5.74, 6) is 0. The minimum Gasteiger partial charge on any atom is -0.381 e. The summed E-state index contributed by atoms with van der Waals surface area (Å²) in [7, 11) is -3.56. The molecule has 1 heterocycles. The lowest BCUT2D eigenvalue weighted by molar-refractivity contribution is 0.0502. The highest BCUT2D eigenvalue weighted by Crippen LogP contribution is 2.24. The summed E-state index contributed by atoms with van der Waals surface area (Å²) in [6.45, 7) is 3.30. The Balaban J connectivity index is 2.30. The van der Waals surface area contributed by atoms with E-state index < -0.39 is 15.6 Å². The number of rotatable bonds is 5. The molecule has 0 atom stereocenters. The Hall–Kier alpha value is -0.950. The van der Waals surface area contributed by atoms with Gasteiger partial charge in [-0.05, 0) is 30.9 Å². The molecule has 5 nitrogen and oxygen atoms in total. The standard InChI is InChI=1S/C14H22N2O3S/c1-2-12-5-3-4-6-13(12)20(17,18)16-14(11-15)7-9-19-10-8-14/h3-6,16H,2,7-11,15H2,1H3. The second-order valence-corrected chi connectivity index (χ2v) is 6.81. The fraction of sp³-hybridized carbons (Fsp3) is 0.571. The van der Waals surface area contributed by atoms with Gasteiger partial charge in [0.15, 0.2) is 0 Å². The molecule has 0 saturated carbocycles. The van der Waals surface area contributed by atoms with Gasteiger partial charge in [-0.3, -0.25) is 0 Å². The number of nitrogens with two attached hydrogens (primary N) is 1. The van der Waals surface area contributed by atoms with Gasteiger partial charge >= 0.3 is 0 Å². The van der Waals surface area contributed by atoms with Gasteiger partial charge in [-0.1, -0.05) is 25.1 Å². The van der Waals surface area contributed by atoms with Crippen molar-refractivity contribution >= 4 is 10.0 Å². The van der Waals surface area contributed by atoms with Gasteiger partial charge in [0.25, 0.3) is 0 Å². The number of hydrogen-bond acceptors (Lipinski definition) is 4. The second kappa shape index (κ2) is 6.22. The minimum atomic E-state index is -3.56. The summed E-state index contributed by atoms with van der Waals surface area (Å²) in [4.78, 5) is 0.349. The van der Waals surface area contributed by atoms with Crippen LogP contribution in [0, 0.1) is 0 Å². The maximum absolute atomic E-state index is 12.6. The predicted molar refractivity (Wildman–Crippen MR) is 78.0 cm³/mol. The van der Waals surface area contributed by atoms with Crippen molar-refractivity contribution in [3.63, 3.8) is 0 Å². The molecule has 112 valence electrons. The monoisotopic (exact) mass is 298 g/mol. The van der Waals surface area contributed by atoms with Crippen LogP contribution in [0.15, 0.2) is 29.2 Å². The van der Waals surface area contributed by atoms with E-state index in [0.29, 0.717) is 37.4 Å². The van der Waals surface area contributed by atoms with Crippen molar-refractivity contribution in [1.82, 2.24) is 4.72 Å². The fourth-order valence-corrected chi connectivity index (χ4v) is 4.29. The molecule has 1 aromatic carbocycles. The van der Waals surface area contributed by atoms with E-state index in [4.69, 9.17) is 10.5 Å². The van der Waals surface area contributed by atoms with Gasteiger partial charge in [-0.15, -0.1) is 0 Å². The zero-order chi connectivity index (χ0) is 14.6. The van der Waals surface area contributed by atoms with E-state index in [-0.39, 0.29) is 6.54 Å². The van der Waals surface area contributed by atoms with Crippen LogP contribution in [-0.4, -0.2) is 33.7 Å². The third-order valence-corrected chi connectivity index (χ3v) is 5.51. The van der Waals surface area contributed by atoms with E-state index in [9.17, 15) is 8.42 Å². The van der Waals surface area contributed by atoms with Crippen molar-refractivity contribution in [2.75, 3.05) is 19.8 Å². The molecule has 1 saturated heterocycles. The highest BCUT2D eigenvalue weighted by Gasteiger charge is 2.36. The van der Waals surface area contributed by atoms with Gasteiger partial charge in [0.05, 0.1) is 4.90 Å². The summed E-state index contributed by atoms with van der Waals surface area (Å²) >= 11 is 0. The van der Waals surface area contributed by atoms with Crippen LogP contribution in [0.4, 0.5) is 0 Å². The summed E-state index contributed by atoms with van der Waals surface area (Å²) in [6.07, 6.45) is 1.89. The van der Waals surface area contributed by atoms with Crippen LogP contribution in [0.2, 0.25) is 0 Å². The summed E-state index contributed by atoms with van der Waals surface area (Å²) in [6, 6.07) is 7.08. The third kappa shape index (κ3) is 3.20. The first kappa shape index (κ1) is 15.4. The van der Waals surface area contributed by atoms with Crippen molar-refractivity contribution < 1.29 is 13.2 Å². The number of hydrogen-bond donors (Lipinski definition) is 2. The molecule has 3 N–H and O–H groups in total. The number of nitrogens with one attached hydrogen (secondary N) is 1. The molecule has 2 rings (SSSR count). The van der Waals surface area contributed by atoms with Crippen LogP contribution in [0.3, 0.4) is 0 Å². The largest absolute Gasteiger partial charge is 0.381 e. The first-order valence-electron chi connectivity index (χ1n) is 6.93. The zero-order valence-electron chi connectivity index (χ0n) is 11.8. The Morgan fingerprint density at radius 2 is 1.95 bits per heavy atom. The molecule has 0 aliphatic carbocycles. The molecule has 20 heavy (non-hydrogen) atoms. The molecule has 1 aromatic rings. The van der Waals surface area contributed by atoms with Gasteiger partial charge in [-0.2, -0.15) is 0 Å². The first-order chi connectivity index (χ1) is 9.53. The average molecular weight is 298 g/mol. The van der Waals surface area contributed by atoms with E-state index in [1.807, 2.05) is 19.1 Å². The van der Waals surface area contributed by atoms with E-state index >= 15 is 0 Å². The van der Waals surface area contributed by atoms with Crippen LogP contribution in [0.5, 0.6) is 0 Å². The molecule has 0 amide bonds. The Morgan fingerprint density at radius 1 is 1.30 bits per heavy atom. The molecule has 1 aliphatic heterocycles. The van der Waals surface area contributed by atoms with Crippen LogP contribution < -0.4 is 10.5 Å². The van der Waals surface area contributed by atoms with Gasteiger partial charge in [0, 0.05) is 25.3 Å². The van der Waals surface area contributed by atoms with Gasteiger partial charge in [0.1, 0.15) is 0 Å². The predicted octanol–water partition coefficient (Wildman–Crippen LogP) is 1.04. The summed E-state index contributed by atoms with van der Waals surface area (Å²) in [5.41, 5.74) is 6.04. The maximum atomic E-state index is 12.6. The van der Waals surface area contributed by atoms with Gasteiger partial charge in [0.2, 0.25) is 10.0 Å². The molecule has 0 aromatic heterocycles. The lowest BCUT2D eigenvalue weighted by Gasteiger charge is -2.36. The number of ether oxygens (including phenoxy) is 1. The van der Waals surface area contributed by atoms with Crippen LogP contribution in [0.25, 0.3) is 0 Å². The van der Waals surface area contributed by atoms with Crippen LogP contribution >= 0.6 is 0 Å². The highest BCUT2D eigenvalue weighted by molar-refractivity contribution is 7.89. The summed E-state index contributed by atoms with van der Waals surface area (Å²) < 4.78 is 33.4. The molecule has 0 unspecified atom stereocenters. The van der Waals surface area contributed by atoms with E-state index in [1.165, 1.54) is 0 Å². The SMILES string of the molecule is CCc1ccccc1S(=O)(=O)NC1(CN)CCOCC1. The molecule has 6 heteroatoms. The molecular weight excluding hydrogens is 276 g/mol. The molecule has 0 bridgehead atoms. The van der Waals surface area contributed by atoms with E-state index in [1.54, 1.807) is 12.1 Å². The first-order valence-corrected chi connectivity index (χ1v) is 8.41. The molecule has 0 radical (unpaired) electrons. The Morgan fingerprint density at radius 3 is 2.55 bits per heavy atom. The Labute approximate surface area is 120 Å². The summed E-state index contributed by atoms with van der Waals surface area (Å²) in [5, 5.41) is 0. The van der Waals surface area contributed by atoms with E-state index in [0.717, 1.165) is 5.56 Å². The average Bonchev–Trinajstić information content (AvgIpc) is 2.47. The lowest BCUT2D eigenvalue weighted by Crippen LogP contribution is -2.56. The van der Waals surface area contributed by atoms with Crippen molar-refractivity contribution in [2.45, 2.75) is 36.6 Å². The van der Waals surface area contributed by atoms with Crippen molar-refractivity contribution in [3.8, 4) is 0 Å². The smallest absolute Gasteiger partial charge is 0.241 e. The molecule has 0 spiro atoms. The number of benzene rings is 1. The Kier molecular flexibility index (Phi) is 4.80. The highest BCUT2D eigenvalue weighted by atomic mass is 32.2. The van der Waals surface area contributed by atoms with Crippen LogP contribution in [-0.2, 0) is 21.2 Å². The second-order valence-electron chi connectivity index (χ2n) is 5.16. The molecular formula is C14H22N2O3S. The normalized spacial score (nSPS) is 18.9. The molecule has 1 fully saturated rings. The maximum Gasteiger partial charge on any atom is 0.241 e.